The molecule has 0 radical (unpaired) electrons. The summed E-state index contributed by atoms with van der Waals surface area (Å²) in [4.78, 5) is 4.62. The molecule has 3 rings (SSSR count). The molecule has 1 aromatic heterocycles. The van der Waals surface area contributed by atoms with E-state index in [9.17, 15) is 0 Å². The highest BCUT2D eigenvalue weighted by atomic mass is 32.2. The summed E-state index contributed by atoms with van der Waals surface area (Å²) in [7, 11) is 0. The zero-order chi connectivity index (χ0) is 12.4. The minimum Gasteiger partial charge on any atom is -0.339 e. The van der Waals surface area contributed by atoms with Gasteiger partial charge in [-0.2, -0.15) is 16.7 Å². The van der Waals surface area contributed by atoms with Crippen molar-refractivity contribution in [3.8, 4) is 0 Å². The predicted molar refractivity (Wildman–Crippen MR) is 72.9 cm³/mol. The maximum absolute atomic E-state index is 5.48. The van der Waals surface area contributed by atoms with Gasteiger partial charge in [0.05, 0.1) is 5.92 Å². The van der Waals surface area contributed by atoms with Gasteiger partial charge in [0.25, 0.3) is 0 Å². The van der Waals surface area contributed by atoms with Crippen molar-refractivity contribution in [1.29, 1.82) is 0 Å². The zero-order valence-corrected chi connectivity index (χ0v) is 11.7. The molecule has 1 aliphatic heterocycles. The molecule has 2 unspecified atom stereocenters. The Kier molecular flexibility index (Phi) is 3.89. The molecule has 1 aliphatic carbocycles. The fourth-order valence-corrected chi connectivity index (χ4v) is 4.09. The maximum Gasteiger partial charge on any atom is 0.232 e. The highest BCUT2D eigenvalue weighted by Crippen LogP contribution is 2.33. The summed E-state index contributed by atoms with van der Waals surface area (Å²) in [6.45, 7) is 3.15. The molecule has 0 bridgehead atoms. The van der Waals surface area contributed by atoms with Gasteiger partial charge in [-0.15, -0.1) is 0 Å². The monoisotopic (exact) mass is 267 g/mol. The molecule has 2 aliphatic rings. The lowest BCUT2D eigenvalue weighted by atomic mass is 9.83. The number of hydrogen-bond acceptors (Lipinski definition) is 5. The van der Waals surface area contributed by atoms with Gasteiger partial charge in [-0.1, -0.05) is 31.3 Å². The van der Waals surface area contributed by atoms with Crippen LogP contribution in [0.25, 0.3) is 0 Å². The van der Waals surface area contributed by atoms with E-state index >= 15 is 0 Å². The van der Waals surface area contributed by atoms with Crippen molar-refractivity contribution in [3.05, 3.63) is 11.7 Å². The van der Waals surface area contributed by atoms with Crippen LogP contribution in [0.4, 0.5) is 0 Å². The Hall–Kier alpha value is -0.550. The molecular formula is C13H21N3OS. The van der Waals surface area contributed by atoms with Gasteiger partial charge in [0, 0.05) is 24.0 Å². The summed E-state index contributed by atoms with van der Waals surface area (Å²) < 4.78 is 5.48. The van der Waals surface area contributed by atoms with Gasteiger partial charge >= 0.3 is 0 Å². The number of likely N-dealkylation sites (N-methyl/N-ethyl adjacent to an activating group) is 1. The molecule has 100 valence electrons. The van der Waals surface area contributed by atoms with Crippen molar-refractivity contribution in [2.24, 2.45) is 5.92 Å². The lowest BCUT2D eigenvalue weighted by molar-refractivity contribution is 0.300. The van der Waals surface area contributed by atoms with E-state index in [1.807, 2.05) is 11.8 Å². The van der Waals surface area contributed by atoms with Gasteiger partial charge < -0.3 is 9.84 Å². The van der Waals surface area contributed by atoms with E-state index in [1.165, 1.54) is 19.3 Å². The van der Waals surface area contributed by atoms with E-state index in [2.05, 4.69) is 22.4 Å². The second kappa shape index (κ2) is 5.61. The molecule has 1 saturated carbocycles. The van der Waals surface area contributed by atoms with E-state index in [4.69, 9.17) is 4.52 Å². The molecular weight excluding hydrogens is 246 g/mol. The highest BCUT2D eigenvalue weighted by Gasteiger charge is 2.33. The van der Waals surface area contributed by atoms with Crippen LogP contribution < -0.4 is 5.32 Å². The Morgan fingerprint density at radius 1 is 1.39 bits per heavy atom. The van der Waals surface area contributed by atoms with Gasteiger partial charge in [-0.3, -0.25) is 0 Å². The lowest BCUT2D eigenvalue weighted by Gasteiger charge is -2.23. The first-order valence-corrected chi connectivity index (χ1v) is 8.16. The molecule has 0 amide bonds. The quantitative estimate of drug-likeness (QED) is 0.886. The predicted octanol–water partition coefficient (Wildman–Crippen LogP) is 2.22. The standard InChI is InChI=1S/C13H21N3OS/c1-2-14-11-8-18-7-10(11)13-15-12(16-17-13)6-9-4-3-5-9/h9-11,14H,2-8H2,1H3. The van der Waals surface area contributed by atoms with Crippen LogP contribution in [0.1, 0.15) is 43.8 Å². The number of nitrogens with zero attached hydrogens (tertiary/aromatic N) is 2. The number of rotatable bonds is 5. The van der Waals surface area contributed by atoms with Gasteiger partial charge in [0.2, 0.25) is 5.89 Å². The van der Waals surface area contributed by atoms with Crippen LogP contribution in [-0.4, -0.2) is 34.2 Å². The Balaban J connectivity index is 1.64. The second-order valence-electron chi connectivity index (χ2n) is 5.36. The average Bonchev–Trinajstić information content (AvgIpc) is 2.92. The van der Waals surface area contributed by atoms with Gasteiger partial charge in [0.1, 0.15) is 0 Å². The smallest absolute Gasteiger partial charge is 0.232 e. The summed E-state index contributed by atoms with van der Waals surface area (Å²) >= 11 is 1.97. The first-order chi connectivity index (χ1) is 8.86. The molecule has 2 heterocycles. The third-order valence-electron chi connectivity index (χ3n) is 4.04. The van der Waals surface area contributed by atoms with E-state index in [0.29, 0.717) is 12.0 Å². The number of nitrogens with one attached hydrogen (secondary N) is 1. The van der Waals surface area contributed by atoms with Gasteiger partial charge in [-0.05, 0) is 12.5 Å². The minimum absolute atomic E-state index is 0.401. The molecule has 1 N–H and O–H groups in total. The molecule has 0 spiro atoms. The normalized spacial score (nSPS) is 28.5. The number of thioether (sulfide) groups is 1. The molecule has 2 fully saturated rings. The third-order valence-corrected chi connectivity index (χ3v) is 5.23. The van der Waals surface area contributed by atoms with Crippen LogP contribution in [0.15, 0.2) is 4.52 Å². The Bertz CT molecular complexity index is 391. The molecule has 18 heavy (non-hydrogen) atoms. The summed E-state index contributed by atoms with van der Waals surface area (Å²) in [5, 5.41) is 7.67. The first-order valence-electron chi connectivity index (χ1n) is 7.00. The molecule has 2 atom stereocenters. The summed E-state index contributed by atoms with van der Waals surface area (Å²) in [5.74, 6) is 5.22. The summed E-state index contributed by atoms with van der Waals surface area (Å²) in [5.41, 5.74) is 0. The van der Waals surface area contributed by atoms with Crippen LogP contribution in [0, 0.1) is 5.92 Å². The van der Waals surface area contributed by atoms with Crippen molar-refractivity contribution in [1.82, 2.24) is 15.5 Å². The average molecular weight is 267 g/mol. The van der Waals surface area contributed by atoms with Crippen LogP contribution in [0.2, 0.25) is 0 Å². The van der Waals surface area contributed by atoms with Crippen molar-refractivity contribution in [3.63, 3.8) is 0 Å². The van der Waals surface area contributed by atoms with Crippen molar-refractivity contribution in [2.75, 3.05) is 18.1 Å². The SMILES string of the molecule is CCNC1CSCC1c1nc(CC2CCC2)no1. The van der Waals surface area contributed by atoms with Crippen LogP contribution >= 0.6 is 11.8 Å². The Labute approximate surface area is 112 Å². The first kappa shape index (κ1) is 12.5. The lowest BCUT2D eigenvalue weighted by Crippen LogP contribution is -2.34. The van der Waals surface area contributed by atoms with Crippen molar-refractivity contribution >= 4 is 11.8 Å². The maximum atomic E-state index is 5.48. The van der Waals surface area contributed by atoms with Crippen LogP contribution in [-0.2, 0) is 6.42 Å². The topological polar surface area (TPSA) is 51.0 Å². The largest absolute Gasteiger partial charge is 0.339 e. The van der Waals surface area contributed by atoms with E-state index in [0.717, 1.165) is 42.1 Å². The minimum atomic E-state index is 0.401. The molecule has 1 aromatic rings. The highest BCUT2D eigenvalue weighted by molar-refractivity contribution is 7.99. The molecule has 0 aromatic carbocycles. The number of hydrogen-bond donors (Lipinski definition) is 1. The molecule has 4 nitrogen and oxygen atoms in total. The van der Waals surface area contributed by atoms with E-state index in [-0.39, 0.29) is 0 Å². The fraction of sp³-hybridized carbons (Fsp3) is 0.846. The number of aromatic nitrogens is 2. The Morgan fingerprint density at radius 2 is 2.28 bits per heavy atom. The van der Waals surface area contributed by atoms with E-state index in [1.54, 1.807) is 0 Å². The van der Waals surface area contributed by atoms with Crippen LogP contribution in [0.5, 0.6) is 0 Å². The van der Waals surface area contributed by atoms with Gasteiger partial charge in [-0.25, -0.2) is 0 Å². The third kappa shape index (κ3) is 2.57. The Morgan fingerprint density at radius 3 is 3.00 bits per heavy atom. The summed E-state index contributed by atoms with van der Waals surface area (Å²) in [6, 6.07) is 0.497. The molecule has 1 saturated heterocycles. The van der Waals surface area contributed by atoms with Gasteiger partial charge in [0.15, 0.2) is 5.82 Å². The van der Waals surface area contributed by atoms with Crippen LogP contribution in [0.3, 0.4) is 0 Å². The van der Waals surface area contributed by atoms with Crippen molar-refractivity contribution in [2.45, 2.75) is 44.6 Å². The molecule has 5 heteroatoms. The summed E-state index contributed by atoms with van der Waals surface area (Å²) in [6.07, 6.45) is 5.05. The fourth-order valence-electron chi connectivity index (χ4n) is 2.72. The van der Waals surface area contributed by atoms with E-state index < -0.39 is 0 Å². The van der Waals surface area contributed by atoms with Crippen molar-refractivity contribution < 1.29 is 4.52 Å². The zero-order valence-electron chi connectivity index (χ0n) is 10.9. The second-order valence-corrected chi connectivity index (χ2v) is 6.43.